The van der Waals surface area contributed by atoms with E-state index in [2.05, 4.69) is 103 Å². The second-order valence-corrected chi connectivity index (χ2v) is 43.9. The number of ether oxygens (including phenoxy) is 6. The van der Waals surface area contributed by atoms with Gasteiger partial charge in [0.2, 0.25) is 0 Å². The number of nitrogens with zero attached hydrogens (tertiary/aromatic N) is 7. The number of fused-ring (bicyclic) bond motifs is 13. The van der Waals surface area contributed by atoms with E-state index in [9.17, 15) is 28.8 Å². The molecule has 0 spiro atoms. The number of hydrogen-bond donors (Lipinski definition) is 1. The summed E-state index contributed by atoms with van der Waals surface area (Å²) >= 11 is 0. The Morgan fingerprint density at radius 1 is 0.474 bits per heavy atom. The van der Waals surface area contributed by atoms with E-state index in [4.69, 9.17) is 34.2 Å². The molecule has 8 aliphatic carbocycles. The van der Waals surface area contributed by atoms with Gasteiger partial charge in [0.25, 0.3) is 0 Å². The minimum Gasteiger partial charge on any atom is -0.466 e. The van der Waals surface area contributed by atoms with Gasteiger partial charge in [-0.05, 0) is 272 Å². The van der Waals surface area contributed by atoms with Crippen LogP contribution in [0.3, 0.4) is 0 Å². The van der Waals surface area contributed by atoms with E-state index < -0.39 is 0 Å². The van der Waals surface area contributed by atoms with Crippen LogP contribution >= 0.6 is 43.2 Å². The van der Waals surface area contributed by atoms with Crippen molar-refractivity contribution in [3.8, 4) is 22.5 Å². The topological polar surface area (TPSA) is 250 Å². The Bertz CT molecular complexity index is 3960. The molecule has 2 aromatic carbocycles. The van der Waals surface area contributed by atoms with Crippen LogP contribution in [-0.2, 0) is 76.8 Å². The molecule has 2 saturated heterocycles. The van der Waals surface area contributed by atoms with Crippen molar-refractivity contribution in [1.29, 1.82) is 0 Å². The van der Waals surface area contributed by atoms with Gasteiger partial charge in [-0.2, -0.15) is 0 Å². The van der Waals surface area contributed by atoms with Gasteiger partial charge in [0.05, 0.1) is 38.8 Å². The fourth-order valence-corrected chi connectivity index (χ4v) is 31.8. The maximum Gasteiger partial charge on any atom is 0.328 e. The molecule has 10 fully saturated rings. The van der Waals surface area contributed by atoms with Crippen molar-refractivity contribution in [2.24, 2.45) is 98.4 Å². The highest BCUT2D eigenvalue weighted by Gasteiger charge is 2.63. The average molecular weight is 1670 g/mol. The van der Waals surface area contributed by atoms with Gasteiger partial charge in [-0.25, -0.2) is 9.36 Å². The first kappa shape index (κ1) is 85.7. The van der Waals surface area contributed by atoms with Crippen LogP contribution in [0.4, 0.5) is 0 Å². The summed E-state index contributed by atoms with van der Waals surface area (Å²) in [5.41, 5.74) is 12.4. The second kappa shape index (κ2) is 38.4. The van der Waals surface area contributed by atoms with Crippen molar-refractivity contribution in [3.63, 3.8) is 0 Å². The highest BCUT2D eigenvalue weighted by Crippen LogP contribution is 2.71. The molecule has 24 heteroatoms. The van der Waals surface area contributed by atoms with Crippen LogP contribution in [0.15, 0.2) is 48.8 Å². The van der Waals surface area contributed by atoms with Gasteiger partial charge in [0, 0.05) is 107 Å². The lowest BCUT2D eigenvalue weighted by molar-refractivity contribution is -0.164. The lowest BCUT2D eigenvalue weighted by Gasteiger charge is -2.61. The summed E-state index contributed by atoms with van der Waals surface area (Å²) in [4.78, 5) is 78.0. The minimum atomic E-state index is -0.282. The van der Waals surface area contributed by atoms with E-state index in [1.165, 1.54) is 114 Å². The summed E-state index contributed by atoms with van der Waals surface area (Å²) < 4.78 is 40.2. The number of hydrogen-bond acceptors (Lipinski definition) is 21. The summed E-state index contributed by atoms with van der Waals surface area (Å²) in [6.45, 7) is 17.2. The predicted molar refractivity (Wildman–Crippen MR) is 460 cm³/mol. The molecular weight excluding hydrogens is 1540 g/mol. The SMILES string of the molecule is C[C@H](CCC(=O)OCCCOC(=O)CCCCC1CCSS1)C1CCC2C3CCC4CC(OC(=O)Cn5cc(-c6ccc7c8ccc(-c9cn(CC(=O)O[C@@H]%10CCC%11(C)C%12CCC%13(C)C(CCC%13[C@H](C)CCC(=O)OCCCOC(=O)CCCCC%13CCSS%13)C%12CC[C@@H]%11C%10)nn9)cc8n(CCN)c7c6)nn5)CCC4(C)C3CCC21C. The zero-order valence-electron chi connectivity index (χ0n) is 70.2. The molecule has 20 atom stereocenters. The molecule has 0 radical (unpaired) electrons. The molecule has 3 aromatic heterocycles. The number of carbonyl (C=O) groups is 6. The van der Waals surface area contributed by atoms with Crippen LogP contribution in [-0.4, -0.2) is 138 Å². The molecule has 0 amide bonds. The van der Waals surface area contributed by atoms with Gasteiger partial charge in [0.1, 0.15) is 36.7 Å². The molecule has 5 heterocycles. The maximum absolute atomic E-state index is 13.8. The Morgan fingerprint density at radius 3 is 1.30 bits per heavy atom. The predicted octanol–water partition coefficient (Wildman–Crippen LogP) is 19.6. The molecular formula is C92H132N8O12S4. The first-order valence-electron chi connectivity index (χ1n) is 45.3. The van der Waals surface area contributed by atoms with Crippen LogP contribution in [0, 0.1) is 92.7 Å². The number of nitrogens with two attached hydrogens (primary N) is 1. The van der Waals surface area contributed by atoms with Gasteiger partial charge in [-0.15, -0.1) is 10.2 Å². The van der Waals surface area contributed by atoms with Crippen LogP contribution < -0.4 is 5.73 Å². The van der Waals surface area contributed by atoms with Crippen LogP contribution in [0.25, 0.3) is 44.3 Å². The summed E-state index contributed by atoms with van der Waals surface area (Å²) in [5, 5.41) is 21.7. The number of rotatable bonds is 36. The Hall–Kier alpha value is -5.30. The third-order valence-electron chi connectivity index (χ3n) is 31.8. The van der Waals surface area contributed by atoms with Gasteiger partial charge < -0.3 is 38.7 Å². The third-order valence-corrected chi connectivity index (χ3v) is 37.8. The largest absolute Gasteiger partial charge is 0.466 e. The number of benzene rings is 2. The number of aromatic nitrogens is 7. The Morgan fingerprint density at radius 2 is 0.888 bits per heavy atom. The highest BCUT2D eigenvalue weighted by atomic mass is 33.1. The quantitative estimate of drug-likeness (QED) is 0.0169. The molecule has 10 aliphatic rings. The fraction of sp³-hybridized carbons (Fsp3) is 0.761. The van der Waals surface area contributed by atoms with E-state index in [1.54, 1.807) is 9.36 Å². The first-order valence-corrected chi connectivity index (χ1v) is 50.1. The monoisotopic (exact) mass is 1670 g/mol. The molecule has 16 unspecified atom stereocenters. The van der Waals surface area contributed by atoms with E-state index in [0.29, 0.717) is 147 Å². The minimum absolute atomic E-state index is 0.0137. The standard InChI is InChI=1S/C92H132N8O12S4/c1-59(17-31-85(103)109-47-11-45-107-83(101)15-9-7-13-67-37-49-113-115-67)73-27-29-75-71-25-21-63-53-65(33-39-89(63,3)77(71)35-41-91(73,75)5)111-87(105)57-98-55-79(94-96-98)61-19-23-69-70-24-20-62(52-82(70)100(44-43-93)81(69)51-61)80-56-99(97-95-80)58-88(106)112-66-34-40-90(4)64(54-66)22-26-72-76-30-28-74(92(76,6)42-36-78(72)90)60(2)18-32-86(104)110-48-12-46-108-84(102)16-10-8-14-68-38-50-114-116-68/h19-20,23-24,51-52,55-56,59-60,63-68,71-78H,7-18,21-22,25-50,53-54,57-58,93H2,1-6H3/t59-,60-,63-,64?,65-,66?,67?,68?,71?,72?,73?,74?,75?,76?,77?,78?,89?,90?,91?,92?/m1/s1. The van der Waals surface area contributed by atoms with Crippen LogP contribution in [0.1, 0.15) is 260 Å². The Kier molecular flexibility index (Phi) is 28.4. The second-order valence-electron chi connectivity index (χ2n) is 38.3. The van der Waals surface area contributed by atoms with Crippen molar-refractivity contribution in [2.45, 2.75) is 302 Å². The zero-order valence-corrected chi connectivity index (χ0v) is 73.5. The normalized spacial score (nSPS) is 32.4. The number of unbranched alkanes of at least 4 members (excludes halogenated alkanes) is 2. The lowest BCUT2D eigenvalue weighted by atomic mass is 9.44. The Labute approximate surface area is 704 Å². The molecule has 15 rings (SSSR count). The van der Waals surface area contributed by atoms with Crippen LogP contribution in [0.2, 0.25) is 0 Å². The van der Waals surface area contributed by atoms with Crippen molar-refractivity contribution < 1.29 is 57.2 Å². The van der Waals surface area contributed by atoms with Crippen molar-refractivity contribution >= 4 is 101 Å². The molecule has 0 bridgehead atoms. The summed E-state index contributed by atoms with van der Waals surface area (Å²) in [5.74, 6) is 8.66. The van der Waals surface area contributed by atoms with Crippen LogP contribution in [0.5, 0.6) is 0 Å². The van der Waals surface area contributed by atoms with E-state index in [1.807, 2.05) is 55.6 Å². The van der Waals surface area contributed by atoms with Gasteiger partial charge in [-0.1, -0.05) is 132 Å². The number of esters is 6. The molecule has 8 saturated carbocycles. The zero-order chi connectivity index (χ0) is 80.7. The van der Waals surface area contributed by atoms with E-state index in [-0.39, 0.29) is 96.0 Å². The average Bonchev–Trinajstić information content (AvgIpc) is 1.48. The van der Waals surface area contributed by atoms with Gasteiger partial charge >= 0.3 is 35.8 Å². The Balaban J connectivity index is 0.475. The molecule has 20 nitrogen and oxygen atoms in total. The molecule has 116 heavy (non-hydrogen) atoms. The summed E-state index contributed by atoms with van der Waals surface area (Å²) in [7, 11) is 7.89. The number of carbonyl (C=O) groups excluding carboxylic acids is 6. The fourth-order valence-electron chi connectivity index (χ4n) is 25.8. The van der Waals surface area contributed by atoms with Gasteiger partial charge in [-0.3, -0.25) is 28.8 Å². The first-order chi connectivity index (χ1) is 56.2. The molecule has 5 aromatic rings. The molecule has 2 aliphatic heterocycles. The van der Waals surface area contributed by atoms with Gasteiger partial charge in [0.15, 0.2) is 0 Å². The molecule has 636 valence electrons. The molecule has 2 N–H and O–H groups in total. The van der Waals surface area contributed by atoms with Crippen molar-refractivity contribution in [2.75, 3.05) is 44.5 Å². The lowest BCUT2D eigenvalue weighted by Crippen LogP contribution is -2.54. The highest BCUT2D eigenvalue weighted by molar-refractivity contribution is 8.77. The van der Waals surface area contributed by atoms with E-state index >= 15 is 0 Å². The van der Waals surface area contributed by atoms with Crippen molar-refractivity contribution in [1.82, 2.24) is 34.6 Å². The van der Waals surface area contributed by atoms with Crippen molar-refractivity contribution in [3.05, 3.63) is 48.8 Å². The summed E-state index contributed by atoms with van der Waals surface area (Å²) in [6, 6.07) is 12.6. The summed E-state index contributed by atoms with van der Waals surface area (Å²) in [6.07, 6.45) is 37.3. The van der Waals surface area contributed by atoms with E-state index in [0.717, 1.165) is 120 Å². The smallest absolute Gasteiger partial charge is 0.328 e. The third kappa shape index (κ3) is 19.3. The maximum atomic E-state index is 13.8.